The molecule has 0 aromatic heterocycles. The minimum atomic E-state index is -1.01. The van der Waals surface area contributed by atoms with Crippen LogP contribution in [0.5, 0.6) is 0 Å². The summed E-state index contributed by atoms with van der Waals surface area (Å²) in [5.41, 5.74) is -0.776. The SMILES string of the molecule is CCOC(=O)C(CC)(C(=CC(C)C)C(=O)O)C1CCCCC1. The van der Waals surface area contributed by atoms with E-state index in [9.17, 15) is 14.7 Å². The van der Waals surface area contributed by atoms with Gasteiger partial charge in [-0.05, 0) is 38.0 Å². The van der Waals surface area contributed by atoms with E-state index in [2.05, 4.69) is 0 Å². The second-order valence-electron chi connectivity index (χ2n) is 6.51. The summed E-state index contributed by atoms with van der Waals surface area (Å²) in [4.78, 5) is 24.7. The van der Waals surface area contributed by atoms with Gasteiger partial charge in [0.05, 0.1) is 12.2 Å². The van der Waals surface area contributed by atoms with Crippen molar-refractivity contribution in [1.82, 2.24) is 0 Å². The fourth-order valence-corrected chi connectivity index (χ4v) is 3.72. The zero-order valence-corrected chi connectivity index (χ0v) is 14.4. The molecule has 0 bridgehead atoms. The molecule has 1 unspecified atom stereocenters. The fraction of sp³-hybridized carbons (Fsp3) is 0.778. The Bertz CT molecular complexity index is 419. The highest BCUT2D eigenvalue weighted by Gasteiger charge is 2.50. The number of carboxylic acid groups (broad SMARTS) is 1. The lowest BCUT2D eigenvalue weighted by Gasteiger charge is -2.40. The van der Waals surface area contributed by atoms with Crippen LogP contribution in [0.15, 0.2) is 11.6 Å². The number of hydrogen-bond acceptors (Lipinski definition) is 3. The van der Waals surface area contributed by atoms with Crippen LogP contribution in [0.2, 0.25) is 0 Å². The molecule has 1 rings (SSSR count). The van der Waals surface area contributed by atoms with Crippen LogP contribution in [0.3, 0.4) is 0 Å². The number of aliphatic carboxylic acids is 1. The average molecular weight is 310 g/mol. The van der Waals surface area contributed by atoms with Gasteiger partial charge in [0.2, 0.25) is 0 Å². The van der Waals surface area contributed by atoms with Gasteiger partial charge in [-0.2, -0.15) is 0 Å². The third-order valence-corrected chi connectivity index (χ3v) is 4.71. The summed E-state index contributed by atoms with van der Waals surface area (Å²) in [5.74, 6) is -1.21. The van der Waals surface area contributed by atoms with Crippen LogP contribution in [-0.2, 0) is 14.3 Å². The lowest BCUT2D eigenvalue weighted by Crippen LogP contribution is -2.44. The Labute approximate surface area is 133 Å². The molecule has 0 spiro atoms. The van der Waals surface area contributed by atoms with Gasteiger partial charge in [0.25, 0.3) is 0 Å². The normalized spacial score (nSPS) is 19.8. The molecule has 0 saturated heterocycles. The number of carbonyl (C=O) groups excluding carboxylic acids is 1. The maximum absolute atomic E-state index is 12.8. The van der Waals surface area contributed by atoms with E-state index in [0.717, 1.165) is 32.1 Å². The van der Waals surface area contributed by atoms with Crippen molar-refractivity contribution in [2.45, 2.75) is 66.2 Å². The first-order valence-electron chi connectivity index (χ1n) is 8.52. The molecule has 4 nitrogen and oxygen atoms in total. The quantitative estimate of drug-likeness (QED) is 0.565. The largest absolute Gasteiger partial charge is 0.478 e. The summed E-state index contributed by atoms with van der Waals surface area (Å²) >= 11 is 0. The standard InChI is InChI=1S/C18H30O4/c1-5-18(17(21)22-6-2,14-10-8-7-9-11-14)15(16(19)20)12-13(3)4/h12-14H,5-11H2,1-4H3,(H,19,20). The van der Waals surface area contributed by atoms with Gasteiger partial charge in [0.15, 0.2) is 0 Å². The Kier molecular flexibility index (Phi) is 7.11. The van der Waals surface area contributed by atoms with Gasteiger partial charge in [-0.1, -0.05) is 46.1 Å². The van der Waals surface area contributed by atoms with Gasteiger partial charge in [-0.25, -0.2) is 4.79 Å². The van der Waals surface area contributed by atoms with Crippen molar-refractivity contribution in [2.75, 3.05) is 6.61 Å². The summed E-state index contributed by atoms with van der Waals surface area (Å²) in [5, 5.41) is 9.76. The van der Waals surface area contributed by atoms with Crippen LogP contribution < -0.4 is 0 Å². The Morgan fingerprint density at radius 3 is 2.23 bits per heavy atom. The maximum Gasteiger partial charge on any atom is 0.332 e. The highest BCUT2D eigenvalue weighted by Crippen LogP contribution is 2.47. The highest BCUT2D eigenvalue weighted by atomic mass is 16.5. The molecular weight excluding hydrogens is 280 g/mol. The summed E-state index contributed by atoms with van der Waals surface area (Å²) in [6.07, 6.45) is 7.28. The molecule has 1 N–H and O–H groups in total. The number of carbonyl (C=O) groups is 2. The summed E-state index contributed by atoms with van der Waals surface area (Å²) in [7, 11) is 0. The van der Waals surface area contributed by atoms with Crippen LogP contribution in [0.25, 0.3) is 0 Å². The molecule has 22 heavy (non-hydrogen) atoms. The van der Waals surface area contributed by atoms with E-state index in [4.69, 9.17) is 4.74 Å². The average Bonchev–Trinajstić information content (AvgIpc) is 2.48. The van der Waals surface area contributed by atoms with Crippen LogP contribution >= 0.6 is 0 Å². The number of rotatable bonds is 7. The maximum atomic E-state index is 12.8. The first-order valence-corrected chi connectivity index (χ1v) is 8.52. The Morgan fingerprint density at radius 1 is 1.23 bits per heavy atom. The van der Waals surface area contributed by atoms with Crippen molar-refractivity contribution in [3.63, 3.8) is 0 Å². The van der Waals surface area contributed by atoms with Gasteiger partial charge >= 0.3 is 11.9 Å². The predicted octanol–water partition coefficient (Wildman–Crippen LogP) is 4.19. The summed E-state index contributed by atoms with van der Waals surface area (Å²) in [6.45, 7) is 7.83. The minimum Gasteiger partial charge on any atom is -0.478 e. The van der Waals surface area contributed by atoms with E-state index in [-0.39, 0.29) is 30.0 Å². The Hall–Kier alpha value is -1.32. The zero-order valence-electron chi connectivity index (χ0n) is 14.4. The molecule has 1 atom stereocenters. The molecular formula is C18H30O4. The molecule has 0 radical (unpaired) electrons. The predicted molar refractivity (Wildman–Crippen MR) is 86.5 cm³/mol. The van der Waals surface area contributed by atoms with Crippen LogP contribution in [-0.4, -0.2) is 23.7 Å². The molecule has 1 fully saturated rings. The van der Waals surface area contributed by atoms with E-state index in [0.29, 0.717) is 6.42 Å². The van der Waals surface area contributed by atoms with Crippen molar-refractivity contribution >= 4 is 11.9 Å². The lowest BCUT2D eigenvalue weighted by atomic mass is 9.62. The first kappa shape index (κ1) is 18.7. The minimum absolute atomic E-state index is 0.0615. The van der Waals surface area contributed by atoms with Gasteiger partial charge in [-0.3, -0.25) is 4.79 Å². The van der Waals surface area contributed by atoms with Crippen LogP contribution in [0.1, 0.15) is 66.2 Å². The molecule has 4 heteroatoms. The van der Waals surface area contributed by atoms with Crippen molar-refractivity contribution < 1.29 is 19.4 Å². The molecule has 126 valence electrons. The van der Waals surface area contributed by atoms with Gasteiger partial charge in [0.1, 0.15) is 5.41 Å². The second kappa shape index (κ2) is 8.35. The molecule has 0 amide bonds. The first-order chi connectivity index (χ1) is 10.4. The summed E-state index contributed by atoms with van der Waals surface area (Å²) < 4.78 is 5.32. The molecule has 1 aliphatic rings. The molecule has 1 aliphatic carbocycles. The summed E-state index contributed by atoms with van der Waals surface area (Å²) in [6, 6.07) is 0. The van der Waals surface area contributed by atoms with Crippen molar-refractivity contribution in [3.05, 3.63) is 11.6 Å². The molecule has 0 heterocycles. The van der Waals surface area contributed by atoms with Crippen molar-refractivity contribution in [2.24, 2.45) is 17.3 Å². The van der Waals surface area contributed by atoms with Gasteiger partial charge < -0.3 is 9.84 Å². The Balaban J connectivity index is 3.39. The third-order valence-electron chi connectivity index (χ3n) is 4.71. The topological polar surface area (TPSA) is 63.6 Å². The number of hydrogen-bond donors (Lipinski definition) is 1. The second-order valence-corrected chi connectivity index (χ2v) is 6.51. The Morgan fingerprint density at radius 2 is 1.82 bits per heavy atom. The zero-order chi connectivity index (χ0) is 16.8. The molecule has 1 saturated carbocycles. The van der Waals surface area contributed by atoms with E-state index in [1.807, 2.05) is 20.8 Å². The van der Waals surface area contributed by atoms with E-state index in [1.54, 1.807) is 13.0 Å². The fourth-order valence-electron chi connectivity index (χ4n) is 3.72. The highest BCUT2D eigenvalue weighted by molar-refractivity contribution is 5.97. The number of carboxylic acids is 1. The molecule has 0 aliphatic heterocycles. The number of ether oxygens (including phenoxy) is 1. The van der Waals surface area contributed by atoms with Crippen LogP contribution in [0, 0.1) is 17.3 Å². The van der Waals surface area contributed by atoms with Crippen LogP contribution in [0.4, 0.5) is 0 Å². The van der Waals surface area contributed by atoms with E-state index < -0.39 is 11.4 Å². The monoisotopic (exact) mass is 310 g/mol. The number of esters is 1. The van der Waals surface area contributed by atoms with Crippen molar-refractivity contribution in [1.29, 1.82) is 0 Å². The van der Waals surface area contributed by atoms with Crippen molar-refractivity contribution in [3.8, 4) is 0 Å². The molecule has 0 aromatic carbocycles. The van der Waals surface area contributed by atoms with Gasteiger partial charge in [0, 0.05) is 0 Å². The van der Waals surface area contributed by atoms with E-state index >= 15 is 0 Å². The number of allylic oxidation sites excluding steroid dienone is 1. The smallest absolute Gasteiger partial charge is 0.332 e. The van der Waals surface area contributed by atoms with E-state index in [1.165, 1.54) is 0 Å². The molecule has 0 aromatic rings. The van der Waals surface area contributed by atoms with Gasteiger partial charge in [-0.15, -0.1) is 0 Å². The lowest BCUT2D eigenvalue weighted by molar-refractivity contribution is -0.160. The third kappa shape index (κ3) is 3.90.